The number of amides is 4. The van der Waals surface area contributed by atoms with E-state index in [0.29, 0.717) is 17.1 Å². The Hall–Kier alpha value is -3.07. The van der Waals surface area contributed by atoms with Crippen LogP contribution < -0.4 is 20.1 Å². The maximum atomic E-state index is 13.0. The summed E-state index contributed by atoms with van der Waals surface area (Å²) in [6.07, 6.45) is 0. The number of hydrogen-bond donors (Lipinski definition) is 2. The number of carbonyl (C=O) groups excluding carboxylic acids is 3. The molecule has 1 aromatic carbocycles. The molecular formula is C19H19N3O5S. The summed E-state index contributed by atoms with van der Waals surface area (Å²) in [5.74, 6) is 0.208. The van der Waals surface area contributed by atoms with Crippen molar-refractivity contribution in [3.63, 3.8) is 0 Å². The van der Waals surface area contributed by atoms with E-state index in [2.05, 4.69) is 10.6 Å². The van der Waals surface area contributed by atoms with Gasteiger partial charge in [0.05, 0.1) is 6.04 Å². The lowest BCUT2D eigenvalue weighted by Gasteiger charge is -2.22. The smallest absolute Gasteiger partial charge is 0.325 e. The average Bonchev–Trinajstić information content (AvgIpc) is 3.39. The molecule has 28 heavy (non-hydrogen) atoms. The van der Waals surface area contributed by atoms with Gasteiger partial charge in [0, 0.05) is 4.88 Å². The van der Waals surface area contributed by atoms with E-state index in [9.17, 15) is 14.4 Å². The monoisotopic (exact) mass is 401 g/mol. The van der Waals surface area contributed by atoms with Gasteiger partial charge in [0.1, 0.15) is 12.1 Å². The van der Waals surface area contributed by atoms with Gasteiger partial charge in [-0.3, -0.25) is 14.5 Å². The van der Waals surface area contributed by atoms with Crippen LogP contribution >= 0.6 is 11.3 Å². The molecule has 2 atom stereocenters. The second-order valence-corrected chi connectivity index (χ2v) is 7.80. The van der Waals surface area contributed by atoms with E-state index in [-0.39, 0.29) is 19.4 Å². The number of imide groups is 1. The Labute approximate surface area is 165 Å². The topological polar surface area (TPSA) is 97.0 Å². The van der Waals surface area contributed by atoms with Crippen LogP contribution in [0, 0.1) is 0 Å². The van der Waals surface area contributed by atoms with Gasteiger partial charge in [0.15, 0.2) is 11.5 Å². The largest absolute Gasteiger partial charge is 0.454 e. The van der Waals surface area contributed by atoms with Gasteiger partial charge < -0.3 is 20.1 Å². The molecule has 4 amide bonds. The molecule has 4 rings (SSSR count). The van der Waals surface area contributed by atoms with Crippen LogP contribution in [0.25, 0.3) is 0 Å². The summed E-state index contributed by atoms with van der Waals surface area (Å²) in [6, 6.07) is 8.08. The van der Waals surface area contributed by atoms with E-state index >= 15 is 0 Å². The fourth-order valence-corrected chi connectivity index (χ4v) is 4.02. The Balaban J connectivity index is 1.48. The molecule has 0 aliphatic carbocycles. The molecule has 1 fully saturated rings. The minimum atomic E-state index is -1.28. The van der Waals surface area contributed by atoms with Crippen LogP contribution in [0.4, 0.5) is 4.79 Å². The third-order valence-electron chi connectivity index (χ3n) is 4.87. The molecule has 1 saturated heterocycles. The number of carbonyl (C=O) groups is 3. The third-order valence-corrected chi connectivity index (χ3v) is 5.93. The first-order valence-electron chi connectivity index (χ1n) is 8.75. The Morgan fingerprint density at radius 2 is 2.11 bits per heavy atom. The van der Waals surface area contributed by atoms with Gasteiger partial charge in [0.2, 0.25) is 12.7 Å². The number of benzene rings is 1. The average molecular weight is 401 g/mol. The molecule has 8 nitrogen and oxygen atoms in total. The van der Waals surface area contributed by atoms with Crippen molar-refractivity contribution < 1.29 is 23.9 Å². The van der Waals surface area contributed by atoms with Crippen LogP contribution in [0.5, 0.6) is 11.5 Å². The lowest BCUT2D eigenvalue weighted by molar-refractivity contribution is -0.135. The van der Waals surface area contributed by atoms with E-state index in [4.69, 9.17) is 9.47 Å². The molecular weight excluding hydrogens is 382 g/mol. The molecule has 2 aliphatic heterocycles. The molecule has 0 saturated carbocycles. The molecule has 1 aromatic heterocycles. The zero-order valence-corrected chi connectivity index (χ0v) is 16.2. The summed E-state index contributed by atoms with van der Waals surface area (Å²) in [4.78, 5) is 39.7. The molecule has 0 spiro atoms. The molecule has 9 heteroatoms. The van der Waals surface area contributed by atoms with Gasteiger partial charge in [-0.1, -0.05) is 12.1 Å². The van der Waals surface area contributed by atoms with E-state index in [0.717, 1.165) is 9.78 Å². The molecule has 3 heterocycles. The Bertz CT molecular complexity index is 945. The zero-order valence-electron chi connectivity index (χ0n) is 15.4. The standard InChI is InChI=1S/C19H19N3O5S/c1-11(15-4-3-7-28-15)20-16(23)9-22-17(24)19(2,21-18(22)25)12-5-6-13-14(8-12)27-10-26-13/h3-8,11H,9-10H2,1-2H3,(H,20,23)(H,21,25). The number of hydrogen-bond acceptors (Lipinski definition) is 6. The molecule has 0 radical (unpaired) electrons. The summed E-state index contributed by atoms with van der Waals surface area (Å²) in [5, 5.41) is 7.42. The molecule has 0 bridgehead atoms. The first-order chi connectivity index (χ1) is 13.4. The maximum Gasteiger partial charge on any atom is 0.325 e. The van der Waals surface area contributed by atoms with Crippen molar-refractivity contribution in [1.29, 1.82) is 0 Å². The first kappa shape index (κ1) is 18.3. The fraction of sp³-hybridized carbons (Fsp3) is 0.316. The van der Waals surface area contributed by atoms with E-state index < -0.39 is 23.4 Å². The summed E-state index contributed by atoms with van der Waals surface area (Å²) in [6.45, 7) is 3.23. The Morgan fingerprint density at radius 1 is 1.32 bits per heavy atom. The van der Waals surface area contributed by atoms with Crippen LogP contribution in [-0.4, -0.2) is 36.1 Å². The van der Waals surface area contributed by atoms with Crippen LogP contribution in [0.2, 0.25) is 0 Å². The van der Waals surface area contributed by atoms with E-state index in [1.54, 1.807) is 25.1 Å². The second-order valence-electron chi connectivity index (χ2n) is 6.82. The summed E-state index contributed by atoms with van der Waals surface area (Å²) in [7, 11) is 0. The zero-order chi connectivity index (χ0) is 19.9. The number of nitrogens with zero attached hydrogens (tertiary/aromatic N) is 1. The Kier molecular flexibility index (Phi) is 4.46. The number of nitrogens with one attached hydrogen (secondary N) is 2. The lowest BCUT2D eigenvalue weighted by atomic mass is 9.91. The summed E-state index contributed by atoms with van der Waals surface area (Å²) < 4.78 is 10.6. The molecule has 2 aliphatic rings. The fourth-order valence-electron chi connectivity index (χ4n) is 3.28. The summed E-state index contributed by atoms with van der Waals surface area (Å²) >= 11 is 1.53. The van der Waals surface area contributed by atoms with Crippen LogP contribution in [-0.2, 0) is 15.1 Å². The molecule has 2 unspecified atom stereocenters. The lowest BCUT2D eigenvalue weighted by Crippen LogP contribution is -2.43. The predicted molar refractivity (Wildman–Crippen MR) is 101 cm³/mol. The molecule has 2 N–H and O–H groups in total. The van der Waals surface area contributed by atoms with Gasteiger partial charge in [-0.25, -0.2) is 4.79 Å². The first-order valence-corrected chi connectivity index (χ1v) is 9.63. The highest BCUT2D eigenvalue weighted by atomic mass is 32.1. The van der Waals surface area contributed by atoms with Crippen molar-refractivity contribution in [1.82, 2.24) is 15.5 Å². The van der Waals surface area contributed by atoms with E-state index in [1.807, 2.05) is 24.4 Å². The highest BCUT2D eigenvalue weighted by Crippen LogP contribution is 2.37. The highest BCUT2D eigenvalue weighted by Gasteiger charge is 2.49. The SMILES string of the molecule is CC(NC(=O)CN1C(=O)NC(C)(c2ccc3c(c2)OCO3)C1=O)c1cccs1. The van der Waals surface area contributed by atoms with Crippen molar-refractivity contribution in [3.05, 3.63) is 46.2 Å². The number of thiophene rings is 1. The van der Waals surface area contributed by atoms with Gasteiger partial charge in [0.25, 0.3) is 5.91 Å². The Morgan fingerprint density at radius 3 is 2.86 bits per heavy atom. The van der Waals surface area contributed by atoms with Gasteiger partial charge in [-0.15, -0.1) is 11.3 Å². The van der Waals surface area contributed by atoms with Crippen LogP contribution in [0.3, 0.4) is 0 Å². The van der Waals surface area contributed by atoms with Crippen molar-refractivity contribution in [2.24, 2.45) is 0 Å². The maximum absolute atomic E-state index is 13.0. The summed E-state index contributed by atoms with van der Waals surface area (Å²) in [5.41, 5.74) is -0.720. The number of fused-ring (bicyclic) bond motifs is 1. The van der Waals surface area contributed by atoms with Gasteiger partial charge in [-0.2, -0.15) is 0 Å². The molecule has 146 valence electrons. The van der Waals surface area contributed by atoms with Crippen molar-refractivity contribution in [3.8, 4) is 11.5 Å². The van der Waals surface area contributed by atoms with E-state index in [1.165, 1.54) is 11.3 Å². The van der Waals surface area contributed by atoms with Crippen molar-refractivity contribution in [2.45, 2.75) is 25.4 Å². The van der Waals surface area contributed by atoms with Gasteiger partial charge >= 0.3 is 6.03 Å². The number of ether oxygens (including phenoxy) is 2. The highest BCUT2D eigenvalue weighted by molar-refractivity contribution is 7.10. The number of rotatable bonds is 5. The van der Waals surface area contributed by atoms with Crippen LogP contribution in [0.15, 0.2) is 35.7 Å². The van der Waals surface area contributed by atoms with Crippen LogP contribution in [0.1, 0.15) is 30.3 Å². The molecule has 2 aromatic rings. The van der Waals surface area contributed by atoms with Crippen molar-refractivity contribution in [2.75, 3.05) is 13.3 Å². The number of urea groups is 1. The minimum absolute atomic E-state index is 0.116. The normalized spacial score (nSPS) is 21.6. The van der Waals surface area contributed by atoms with Crippen molar-refractivity contribution >= 4 is 29.2 Å². The third kappa shape index (κ3) is 3.07. The second kappa shape index (κ2) is 6.83. The quantitative estimate of drug-likeness (QED) is 0.748. The predicted octanol–water partition coefficient (Wildman–Crippen LogP) is 2.12. The van der Waals surface area contributed by atoms with Gasteiger partial charge in [-0.05, 0) is 43.0 Å². The minimum Gasteiger partial charge on any atom is -0.454 e.